The molecule has 3 aromatic rings. The molecule has 0 atom stereocenters. The van der Waals surface area contributed by atoms with Crippen molar-refractivity contribution in [3.05, 3.63) is 74.6 Å². The SMILES string of the molecule is CCc1ccc(-c2noc(COC(=O)c3cc(Cl)ccc3[N+](=O)[O-])n2)cc1. The largest absolute Gasteiger partial charge is 0.452 e. The van der Waals surface area contributed by atoms with Gasteiger partial charge in [0, 0.05) is 16.7 Å². The van der Waals surface area contributed by atoms with Gasteiger partial charge in [0.25, 0.3) is 11.6 Å². The molecule has 138 valence electrons. The lowest BCUT2D eigenvalue weighted by atomic mass is 10.1. The van der Waals surface area contributed by atoms with Crippen molar-refractivity contribution in [2.75, 3.05) is 0 Å². The van der Waals surface area contributed by atoms with Gasteiger partial charge >= 0.3 is 5.97 Å². The summed E-state index contributed by atoms with van der Waals surface area (Å²) >= 11 is 5.80. The number of rotatable bonds is 6. The van der Waals surface area contributed by atoms with Crippen molar-refractivity contribution in [1.29, 1.82) is 0 Å². The third-order valence-corrected chi connectivity index (χ3v) is 4.03. The summed E-state index contributed by atoms with van der Waals surface area (Å²) in [6, 6.07) is 11.3. The number of aromatic nitrogens is 2. The second-order valence-corrected chi connectivity index (χ2v) is 5.99. The maximum absolute atomic E-state index is 12.2. The molecule has 0 aliphatic carbocycles. The fraction of sp³-hybridized carbons (Fsp3) is 0.167. The van der Waals surface area contributed by atoms with E-state index in [4.69, 9.17) is 20.9 Å². The number of carbonyl (C=O) groups excluding carboxylic acids is 1. The zero-order valence-corrected chi connectivity index (χ0v) is 15.0. The van der Waals surface area contributed by atoms with Crippen molar-refractivity contribution < 1.29 is 19.0 Å². The summed E-state index contributed by atoms with van der Waals surface area (Å²) in [5, 5.41) is 15.1. The lowest BCUT2D eigenvalue weighted by molar-refractivity contribution is -0.385. The highest BCUT2D eigenvalue weighted by Gasteiger charge is 2.22. The van der Waals surface area contributed by atoms with Gasteiger partial charge in [0.1, 0.15) is 5.56 Å². The third kappa shape index (κ3) is 4.29. The van der Waals surface area contributed by atoms with Gasteiger partial charge in [0.2, 0.25) is 5.82 Å². The minimum atomic E-state index is -0.906. The van der Waals surface area contributed by atoms with Crippen LogP contribution in [0, 0.1) is 10.1 Å². The molecular weight excluding hydrogens is 374 g/mol. The summed E-state index contributed by atoms with van der Waals surface area (Å²) in [4.78, 5) is 26.7. The normalized spacial score (nSPS) is 10.6. The van der Waals surface area contributed by atoms with Crippen LogP contribution in [0.15, 0.2) is 47.0 Å². The van der Waals surface area contributed by atoms with E-state index < -0.39 is 16.6 Å². The fourth-order valence-corrected chi connectivity index (χ4v) is 2.53. The van der Waals surface area contributed by atoms with Crippen LogP contribution < -0.4 is 0 Å². The van der Waals surface area contributed by atoms with Crippen LogP contribution in [0.4, 0.5) is 5.69 Å². The molecule has 0 radical (unpaired) electrons. The predicted octanol–water partition coefficient (Wildman–Crippen LogP) is 4.22. The van der Waals surface area contributed by atoms with E-state index in [9.17, 15) is 14.9 Å². The maximum atomic E-state index is 12.2. The summed E-state index contributed by atoms with van der Waals surface area (Å²) in [5.74, 6) is -0.476. The van der Waals surface area contributed by atoms with Crippen LogP contribution in [-0.4, -0.2) is 21.0 Å². The van der Waals surface area contributed by atoms with Gasteiger partial charge in [-0.25, -0.2) is 4.79 Å². The first kappa shape index (κ1) is 18.5. The summed E-state index contributed by atoms with van der Waals surface area (Å²) in [6.45, 7) is 1.74. The van der Waals surface area contributed by atoms with Gasteiger partial charge in [0.05, 0.1) is 4.92 Å². The standard InChI is InChI=1S/C18H14ClN3O5/c1-2-11-3-5-12(6-4-11)17-20-16(27-21-17)10-26-18(23)14-9-13(19)7-8-15(14)22(24)25/h3-9H,2,10H2,1H3. The van der Waals surface area contributed by atoms with Gasteiger partial charge in [0.15, 0.2) is 6.61 Å². The van der Waals surface area contributed by atoms with E-state index in [-0.39, 0.29) is 23.1 Å². The zero-order valence-electron chi connectivity index (χ0n) is 14.2. The number of aryl methyl sites for hydroxylation is 1. The van der Waals surface area contributed by atoms with Crippen molar-refractivity contribution in [2.24, 2.45) is 0 Å². The molecule has 0 saturated heterocycles. The molecule has 0 unspecified atom stereocenters. The molecule has 0 spiro atoms. The molecule has 0 N–H and O–H groups in total. The van der Waals surface area contributed by atoms with Gasteiger partial charge < -0.3 is 9.26 Å². The Morgan fingerprint density at radius 1 is 1.26 bits per heavy atom. The van der Waals surface area contributed by atoms with Crippen LogP contribution in [0.3, 0.4) is 0 Å². The maximum Gasteiger partial charge on any atom is 0.345 e. The highest BCUT2D eigenvalue weighted by molar-refractivity contribution is 6.31. The molecule has 3 rings (SSSR count). The number of halogens is 1. The van der Waals surface area contributed by atoms with Crippen molar-refractivity contribution >= 4 is 23.3 Å². The Balaban J connectivity index is 1.70. The first-order valence-corrected chi connectivity index (χ1v) is 8.38. The van der Waals surface area contributed by atoms with Crippen LogP contribution in [0.2, 0.25) is 5.02 Å². The highest BCUT2D eigenvalue weighted by atomic mass is 35.5. The second kappa shape index (κ2) is 7.96. The minimum Gasteiger partial charge on any atom is -0.452 e. The number of nitro groups is 1. The Hall–Kier alpha value is -3.26. The second-order valence-electron chi connectivity index (χ2n) is 5.56. The predicted molar refractivity (Wildman–Crippen MR) is 96.3 cm³/mol. The summed E-state index contributed by atoms with van der Waals surface area (Å²) in [6.07, 6.45) is 0.920. The summed E-state index contributed by atoms with van der Waals surface area (Å²) in [7, 11) is 0. The number of benzene rings is 2. The lowest BCUT2D eigenvalue weighted by Crippen LogP contribution is -2.08. The summed E-state index contributed by atoms with van der Waals surface area (Å²) < 4.78 is 10.1. The van der Waals surface area contributed by atoms with Gasteiger partial charge in [-0.2, -0.15) is 4.98 Å². The Kier molecular flexibility index (Phi) is 5.46. The molecule has 0 bridgehead atoms. The first-order chi connectivity index (χ1) is 13.0. The van der Waals surface area contributed by atoms with E-state index in [1.807, 2.05) is 24.3 Å². The smallest absolute Gasteiger partial charge is 0.345 e. The van der Waals surface area contributed by atoms with Gasteiger partial charge in [-0.1, -0.05) is 47.9 Å². The Morgan fingerprint density at radius 2 is 2.00 bits per heavy atom. The van der Waals surface area contributed by atoms with E-state index in [1.54, 1.807) is 0 Å². The average Bonchev–Trinajstić information content (AvgIpc) is 3.15. The van der Waals surface area contributed by atoms with E-state index in [0.717, 1.165) is 18.1 Å². The number of hydrogen-bond acceptors (Lipinski definition) is 7. The number of nitro benzene ring substituents is 1. The topological polar surface area (TPSA) is 108 Å². The number of carbonyl (C=O) groups is 1. The van der Waals surface area contributed by atoms with Crippen LogP contribution in [0.5, 0.6) is 0 Å². The molecule has 0 aliphatic rings. The van der Waals surface area contributed by atoms with E-state index in [0.29, 0.717) is 5.82 Å². The van der Waals surface area contributed by atoms with Gasteiger partial charge in [-0.15, -0.1) is 0 Å². The number of hydrogen-bond donors (Lipinski definition) is 0. The van der Waals surface area contributed by atoms with Gasteiger partial charge in [-0.3, -0.25) is 10.1 Å². The molecule has 2 aromatic carbocycles. The third-order valence-electron chi connectivity index (χ3n) is 3.79. The molecule has 0 aliphatic heterocycles. The Morgan fingerprint density at radius 3 is 2.67 bits per heavy atom. The molecular formula is C18H14ClN3O5. The van der Waals surface area contributed by atoms with Crippen LogP contribution in [-0.2, 0) is 17.8 Å². The molecule has 9 heteroatoms. The van der Waals surface area contributed by atoms with Crippen LogP contribution in [0.1, 0.15) is 28.7 Å². The number of nitrogens with zero attached hydrogens (tertiary/aromatic N) is 3. The molecule has 0 fully saturated rings. The lowest BCUT2D eigenvalue weighted by Gasteiger charge is -2.03. The molecule has 27 heavy (non-hydrogen) atoms. The molecule has 8 nitrogen and oxygen atoms in total. The first-order valence-electron chi connectivity index (χ1n) is 8.01. The van der Waals surface area contributed by atoms with E-state index in [2.05, 4.69) is 17.1 Å². The van der Waals surface area contributed by atoms with E-state index in [1.165, 1.54) is 17.7 Å². The van der Waals surface area contributed by atoms with E-state index >= 15 is 0 Å². The Bertz CT molecular complexity index is 985. The minimum absolute atomic E-state index is 0.0719. The van der Waals surface area contributed by atoms with Crippen LogP contribution in [0.25, 0.3) is 11.4 Å². The molecule has 1 heterocycles. The van der Waals surface area contributed by atoms with Crippen molar-refractivity contribution in [2.45, 2.75) is 20.0 Å². The fourth-order valence-electron chi connectivity index (χ4n) is 2.36. The number of ether oxygens (including phenoxy) is 1. The van der Waals surface area contributed by atoms with Crippen LogP contribution >= 0.6 is 11.6 Å². The van der Waals surface area contributed by atoms with Crippen molar-refractivity contribution in [3.8, 4) is 11.4 Å². The number of esters is 1. The molecule has 1 aromatic heterocycles. The Labute approximate surface area is 158 Å². The molecule has 0 amide bonds. The zero-order chi connectivity index (χ0) is 19.4. The quantitative estimate of drug-likeness (QED) is 0.354. The molecule has 0 saturated carbocycles. The monoisotopic (exact) mass is 387 g/mol. The van der Waals surface area contributed by atoms with Crippen molar-refractivity contribution in [3.63, 3.8) is 0 Å². The van der Waals surface area contributed by atoms with Crippen molar-refractivity contribution in [1.82, 2.24) is 10.1 Å². The van der Waals surface area contributed by atoms with Gasteiger partial charge in [-0.05, 0) is 24.1 Å². The highest BCUT2D eigenvalue weighted by Crippen LogP contribution is 2.24. The average molecular weight is 388 g/mol. The summed E-state index contributed by atoms with van der Waals surface area (Å²) in [5.41, 5.74) is 1.30.